The van der Waals surface area contributed by atoms with Gasteiger partial charge in [0.1, 0.15) is 0 Å². The molecule has 6 N–H and O–H groups in total. The van der Waals surface area contributed by atoms with Crippen molar-refractivity contribution in [3.05, 3.63) is 23.3 Å². The lowest BCUT2D eigenvalue weighted by Gasteiger charge is -2.09. The molecular weight excluding hydrogens is 252 g/mol. The first-order valence-corrected chi connectivity index (χ1v) is 5.66. The molecule has 0 unspecified atom stereocenters. The number of carboxylic acids is 2. The Morgan fingerprint density at radius 1 is 0.938 bits per heavy atom. The lowest BCUT2D eigenvalue weighted by atomic mass is 10.1. The zero-order valence-electron chi connectivity index (χ0n) is 7.84. The van der Waals surface area contributed by atoms with Crippen molar-refractivity contribution >= 4 is 35.8 Å². The second-order valence-electron chi connectivity index (χ2n) is 2.66. The average Bonchev–Trinajstić information content (AvgIpc) is 2.26. The highest BCUT2D eigenvalue weighted by molar-refractivity contribution is 7.97. The van der Waals surface area contributed by atoms with Gasteiger partial charge in [0, 0.05) is 9.79 Å². The first-order valence-electron chi connectivity index (χ1n) is 3.90. The molecule has 1 aromatic rings. The van der Waals surface area contributed by atoms with Crippen molar-refractivity contribution in [1.82, 2.24) is 0 Å². The van der Waals surface area contributed by atoms with Gasteiger partial charge >= 0.3 is 11.9 Å². The molecule has 8 heteroatoms. The highest BCUT2D eigenvalue weighted by Gasteiger charge is 2.23. The van der Waals surface area contributed by atoms with Gasteiger partial charge in [-0.15, -0.1) is 0 Å². The van der Waals surface area contributed by atoms with Crippen molar-refractivity contribution in [2.24, 2.45) is 10.3 Å². The zero-order chi connectivity index (χ0) is 12.3. The SMILES string of the molecule is NSc1ccc(SN)c(C(=O)O)c1C(=O)O. The van der Waals surface area contributed by atoms with Crippen molar-refractivity contribution in [3.8, 4) is 0 Å². The molecule has 0 spiro atoms. The van der Waals surface area contributed by atoms with Crippen LogP contribution >= 0.6 is 23.9 Å². The summed E-state index contributed by atoms with van der Waals surface area (Å²) in [6, 6.07) is 2.85. The van der Waals surface area contributed by atoms with E-state index in [4.69, 9.17) is 20.5 Å². The molecule has 0 aliphatic carbocycles. The van der Waals surface area contributed by atoms with E-state index >= 15 is 0 Å². The van der Waals surface area contributed by atoms with Crippen LogP contribution in [0.4, 0.5) is 0 Å². The molecule has 0 saturated carbocycles. The topological polar surface area (TPSA) is 127 Å². The Balaban J connectivity index is 3.60. The zero-order valence-corrected chi connectivity index (χ0v) is 9.47. The Hall–Kier alpha value is -1.22. The van der Waals surface area contributed by atoms with E-state index in [0.717, 1.165) is 0 Å². The van der Waals surface area contributed by atoms with E-state index in [9.17, 15) is 9.59 Å². The molecule has 1 aromatic carbocycles. The minimum Gasteiger partial charge on any atom is -0.478 e. The Bertz CT molecular complexity index is 409. The summed E-state index contributed by atoms with van der Waals surface area (Å²) in [5.74, 6) is -2.69. The maximum Gasteiger partial charge on any atom is 0.337 e. The van der Waals surface area contributed by atoms with Gasteiger partial charge in [-0.2, -0.15) is 0 Å². The van der Waals surface area contributed by atoms with Crippen molar-refractivity contribution in [2.45, 2.75) is 9.79 Å². The highest BCUT2D eigenvalue weighted by Crippen LogP contribution is 2.29. The van der Waals surface area contributed by atoms with Gasteiger partial charge in [-0.3, -0.25) is 10.3 Å². The second-order valence-corrected chi connectivity index (χ2v) is 4.01. The van der Waals surface area contributed by atoms with Gasteiger partial charge in [-0.05, 0) is 36.0 Å². The summed E-state index contributed by atoms with van der Waals surface area (Å²) in [4.78, 5) is 22.3. The van der Waals surface area contributed by atoms with Gasteiger partial charge in [0.15, 0.2) is 0 Å². The van der Waals surface area contributed by atoms with E-state index in [-0.39, 0.29) is 20.9 Å². The fraction of sp³-hybridized carbons (Fsp3) is 0. The molecule has 0 bridgehead atoms. The Labute approximate surface area is 99.3 Å². The number of nitrogens with two attached hydrogens (primary N) is 2. The molecule has 6 nitrogen and oxygen atoms in total. The largest absolute Gasteiger partial charge is 0.478 e. The predicted molar refractivity (Wildman–Crippen MR) is 60.4 cm³/mol. The van der Waals surface area contributed by atoms with E-state index in [1.54, 1.807) is 0 Å². The van der Waals surface area contributed by atoms with Crippen molar-refractivity contribution in [2.75, 3.05) is 0 Å². The number of rotatable bonds is 4. The van der Waals surface area contributed by atoms with E-state index in [0.29, 0.717) is 23.9 Å². The minimum absolute atomic E-state index is 0.183. The van der Waals surface area contributed by atoms with Crippen LogP contribution in [0, 0.1) is 0 Å². The third kappa shape index (κ3) is 2.30. The third-order valence-electron chi connectivity index (χ3n) is 1.81. The van der Waals surface area contributed by atoms with Gasteiger partial charge in [0.25, 0.3) is 0 Å². The quantitative estimate of drug-likeness (QED) is 0.591. The summed E-state index contributed by atoms with van der Waals surface area (Å²) in [6.07, 6.45) is 0. The standard InChI is InChI=1S/C8H8N2O4S2/c9-15-3-1-2-4(16-10)6(8(13)14)5(3)7(11)12/h1-2H,9-10H2,(H,11,12)(H,13,14). The summed E-state index contributed by atoms with van der Waals surface area (Å²) in [5.41, 5.74) is -0.675. The molecule has 0 radical (unpaired) electrons. The van der Waals surface area contributed by atoms with E-state index < -0.39 is 11.9 Å². The second kappa shape index (κ2) is 5.21. The average molecular weight is 260 g/mol. The van der Waals surface area contributed by atoms with Crippen LogP contribution in [-0.4, -0.2) is 22.2 Å². The molecular formula is C8H8N2O4S2. The Morgan fingerprint density at radius 3 is 1.44 bits per heavy atom. The summed E-state index contributed by atoms with van der Waals surface area (Å²) < 4.78 is 0. The van der Waals surface area contributed by atoms with Crippen LogP contribution < -0.4 is 10.3 Å². The summed E-state index contributed by atoms with van der Waals surface area (Å²) in [6.45, 7) is 0. The van der Waals surface area contributed by atoms with Gasteiger partial charge < -0.3 is 10.2 Å². The smallest absolute Gasteiger partial charge is 0.337 e. The number of hydrogen-bond donors (Lipinski definition) is 4. The van der Waals surface area contributed by atoms with Crippen LogP contribution in [0.15, 0.2) is 21.9 Å². The molecule has 0 heterocycles. The van der Waals surface area contributed by atoms with E-state index in [1.165, 1.54) is 12.1 Å². The molecule has 0 fully saturated rings. The maximum atomic E-state index is 11.0. The summed E-state index contributed by atoms with van der Waals surface area (Å²) in [7, 11) is 0. The molecule has 1 rings (SSSR count). The summed E-state index contributed by atoms with van der Waals surface area (Å²) >= 11 is 1.36. The van der Waals surface area contributed by atoms with Crippen molar-refractivity contribution in [1.29, 1.82) is 0 Å². The van der Waals surface area contributed by atoms with Crippen LogP contribution in [0.25, 0.3) is 0 Å². The van der Waals surface area contributed by atoms with Crippen LogP contribution in [0.2, 0.25) is 0 Å². The number of aromatic carboxylic acids is 2. The van der Waals surface area contributed by atoms with Gasteiger partial charge in [0.2, 0.25) is 0 Å². The maximum absolute atomic E-state index is 11.0. The molecule has 0 aliphatic heterocycles. The monoisotopic (exact) mass is 260 g/mol. The first kappa shape index (κ1) is 12.8. The first-order chi connectivity index (χ1) is 7.52. The van der Waals surface area contributed by atoms with Gasteiger partial charge in [0.05, 0.1) is 11.1 Å². The Morgan fingerprint density at radius 2 is 1.25 bits per heavy atom. The van der Waals surface area contributed by atoms with E-state index in [1.807, 2.05) is 0 Å². The van der Waals surface area contributed by atoms with Crippen molar-refractivity contribution in [3.63, 3.8) is 0 Å². The van der Waals surface area contributed by atoms with Crippen LogP contribution in [0.3, 0.4) is 0 Å². The highest BCUT2D eigenvalue weighted by atomic mass is 32.2. The summed E-state index contributed by atoms with van der Waals surface area (Å²) in [5, 5.41) is 28.5. The molecule has 0 atom stereocenters. The third-order valence-corrected chi connectivity index (χ3v) is 3.00. The van der Waals surface area contributed by atoms with Crippen molar-refractivity contribution < 1.29 is 19.8 Å². The fourth-order valence-electron chi connectivity index (χ4n) is 1.19. The van der Waals surface area contributed by atoms with Crippen LogP contribution in [0.1, 0.15) is 20.7 Å². The number of carboxylic acid groups (broad SMARTS) is 2. The van der Waals surface area contributed by atoms with E-state index in [2.05, 4.69) is 0 Å². The lowest BCUT2D eigenvalue weighted by molar-refractivity contribution is 0.0645. The number of benzene rings is 1. The molecule has 0 aromatic heterocycles. The number of carbonyl (C=O) groups is 2. The number of hydrogen-bond acceptors (Lipinski definition) is 6. The molecule has 0 aliphatic rings. The van der Waals surface area contributed by atoms with Gasteiger partial charge in [-0.25, -0.2) is 9.59 Å². The predicted octanol–water partition coefficient (Wildman–Crippen LogP) is 1.01. The van der Waals surface area contributed by atoms with Crippen LogP contribution in [0.5, 0.6) is 0 Å². The molecule has 16 heavy (non-hydrogen) atoms. The Kier molecular flexibility index (Phi) is 4.19. The van der Waals surface area contributed by atoms with Gasteiger partial charge in [-0.1, -0.05) is 0 Å². The molecule has 0 saturated heterocycles. The van der Waals surface area contributed by atoms with Crippen LogP contribution in [-0.2, 0) is 0 Å². The minimum atomic E-state index is -1.35. The molecule has 86 valence electrons. The molecule has 0 amide bonds. The lowest BCUT2D eigenvalue weighted by Crippen LogP contribution is -2.12. The fourth-order valence-corrected chi connectivity index (χ4v) is 2.09. The normalized spacial score (nSPS) is 10.1.